The minimum Gasteiger partial charge on any atom is -0.369 e. The number of rotatable bonds is 12. The van der Waals surface area contributed by atoms with Crippen LogP contribution in [0.1, 0.15) is 36.8 Å². The minimum absolute atomic E-state index is 0.0642. The number of carbonyl (C=O) groups is 2. The van der Waals surface area contributed by atoms with Crippen LogP contribution in [-0.4, -0.2) is 57.7 Å². The van der Waals surface area contributed by atoms with Gasteiger partial charge in [0.1, 0.15) is 12.5 Å². The third-order valence-electron chi connectivity index (χ3n) is 6.34. The number of nitrogens with zero attached hydrogens (tertiary/aromatic N) is 4. The highest BCUT2D eigenvalue weighted by atomic mass is 79.9. The van der Waals surface area contributed by atoms with E-state index < -0.39 is 10.8 Å². The maximum atomic E-state index is 11.5. The summed E-state index contributed by atoms with van der Waals surface area (Å²) in [6.45, 7) is 3.26. The Bertz CT molecular complexity index is 1060. The Morgan fingerprint density at radius 3 is 2.71 bits per heavy atom. The molecule has 0 unspecified atom stereocenters. The van der Waals surface area contributed by atoms with Gasteiger partial charge >= 0.3 is 5.69 Å². The van der Waals surface area contributed by atoms with E-state index in [9.17, 15) is 19.7 Å². The van der Waals surface area contributed by atoms with Crippen molar-refractivity contribution in [1.82, 2.24) is 14.9 Å². The van der Waals surface area contributed by atoms with E-state index in [2.05, 4.69) is 36.5 Å². The summed E-state index contributed by atoms with van der Waals surface area (Å²) in [7, 11) is 0. The molecule has 2 aromatic rings. The summed E-state index contributed by atoms with van der Waals surface area (Å²) in [6.07, 6.45) is 5.35. The molecule has 0 atom stereocenters. The van der Waals surface area contributed by atoms with Crippen LogP contribution in [0.5, 0.6) is 0 Å². The normalized spacial score (nSPS) is 17.7. The lowest BCUT2D eigenvalue weighted by molar-refractivity contribution is -0.384. The summed E-state index contributed by atoms with van der Waals surface area (Å²) in [5.41, 5.74) is 7.29. The fraction of sp³-hybridized carbons (Fsp3) is 0.478. The smallest absolute Gasteiger partial charge is 0.329 e. The zero-order valence-electron chi connectivity index (χ0n) is 19.6. The molecule has 3 rings (SSSR count). The van der Waals surface area contributed by atoms with Crippen LogP contribution in [0, 0.1) is 23.0 Å². The Hall–Kier alpha value is -3.12. The average molecular weight is 548 g/mol. The molecule has 0 saturated heterocycles. The third kappa shape index (κ3) is 7.43. The van der Waals surface area contributed by atoms with E-state index >= 15 is 0 Å². The Morgan fingerprint density at radius 1 is 1.31 bits per heavy atom. The first-order valence-corrected chi connectivity index (χ1v) is 12.3. The Kier molecular flexibility index (Phi) is 9.49. The van der Waals surface area contributed by atoms with Gasteiger partial charge in [0.15, 0.2) is 0 Å². The number of carbonyl (C=O) groups excluding carboxylic acids is 2. The summed E-state index contributed by atoms with van der Waals surface area (Å²) >= 11 is 3.51. The lowest BCUT2D eigenvalue weighted by Gasteiger charge is -2.35. The van der Waals surface area contributed by atoms with E-state index in [1.54, 1.807) is 0 Å². The standard InChI is InChI=1S/C23H30BrN7O4/c1-15-17(3-2-4-19(15)24)12-27-23-28-13-20(31(34)35)22(29-23)26-11-16-5-7-18(8-6-16)30(9-10-32)14-21(25)33/h2-4,10,13,16,18H,5-9,11-12,14H2,1H3,(H2,25,33)(H2,26,27,28,29). The van der Waals surface area contributed by atoms with Crippen LogP contribution in [0.3, 0.4) is 0 Å². The number of anilines is 2. The third-order valence-corrected chi connectivity index (χ3v) is 7.20. The number of aromatic nitrogens is 2. The molecule has 1 aromatic carbocycles. The van der Waals surface area contributed by atoms with Crippen LogP contribution in [0.25, 0.3) is 0 Å². The topological polar surface area (TPSA) is 156 Å². The molecular weight excluding hydrogens is 518 g/mol. The first-order chi connectivity index (χ1) is 16.8. The van der Waals surface area contributed by atoms with Crippen LogP contribution in [-0.2, 0) is 16.1 Å². The van der Waals surface area contributed by atoms with Gasteiger partial charge in [0.25, 0.3) is 0 Å². The summed E-state index contributed by atoms with van der Waals surface area (Å²) < 4.78 is 1.00. The second-order valence-corrected chi connectivity index (χ2v) is 9.53. The van der Waals surface area contributed by atoms with E-state index in [-0.39, 0.29) is 36.6 Å². The van der Waals surface area contributed by atoms with Gasteiger partial charge in [0.2, 0.25) is 17.7 Å². The van der Waals surface area contributed by atoms with Gasteiger partial charge in [-0.1, -0.05) is 28.1 Å². The number of amides is 1. The second kappa shape index (κ2) is 12.5. The predicted molar refractivity (Wildman–Crippen MR) is 136 cm³/mol. The number of hydrogen-bond donors (Lipinski definition) is 3. The number of halogens is 1. The molecule has 1 fully saturated rings. The molecule has 0 aliphatic heterocycles. The molecule has 1 aromatic heterocycles. The maximum Gasteiger partial charge on any atom is 0.329 e. The molecule has 0 radical (unpaired) electrons. The van der Waals surface area contributed by atoms with Crippen molar-refractivity contribution in [2.45, 2.75) is 45.2 Å². The summed E-state index contributed by atoms with van der Waals surface area (Å²) in [5.74, 6) is 0.313. The highest BCUT2D eigenvalue weighted by Gasteiger charge is 2.27. The van der Waals surface area contributed by atoms with Gasteiger partial charge < -0.3 is 21.2 Å². The van der Waals surface area contributed by atoms with Crippen LogP contribution < -0.4 is 16.4 Å². The zero-order chi connectivity index (χ0) is 25.4. The monoisotopic (exact) mass is 547 g/mol. The zero-order valence-corrected chi connectivity index (χ0v) is 21.2. The number of nitrogens with two attached hydrogens (primary N) is 1. The number of nitrogens with one attached hydrogen (secondary N) is 2. The number of primary amides is 1. The number of nitro groups is 1. The molecule has 1 saturated carbocycles. The summed E-state index contributed by atoms with van der Waals surface area (Å²) in [4.78, 5) is 43.6. The lowest BCUT2D eigenvalue weighted by Crippen LogP contribution is -2.44. The van der Waals surface area contributed by atoms with Gasteiger partial charge in [-0.25, -0.2) is 4.98 Å². The quantitative estimate of drug-likeness (QED) is 0.206. The molecule has 1 amide bonds. The van der Waals surface area contributed by atoms with Gasteiger partial charge in [0.05, 0.1) is 18.0 Å². The van der Waals surface area contributed by atoms with Crippen molar-refractivity contribution in [1.29, 1.82) is 0 Å². The van der Waals surface area contributed by atoms with Crippen molar-refractivity contribution in [3.05, 3.63) is 50.1 Å². The molecular formula is C23H30BrN7O4. The second-order valence-electron chi connectivity index (χ2n) is 8.68. The van der Waals surface area contributed by atoms with Crippen molar-refractivity contribution in [2.24, 2.45) is 11.7 Å². The first-order valence-electron chi connectivity index (χ1n) is 11.5. The van der Waals surface area contributed by atoms with E-state index in [0.717, 1.165) is 47.6 Å². The SMILES string of the molecule is Cc1c(Br)cccc1CNc1ncc([N+](=O)[O-])c(NCC2CCC(N(CC=O)CC(N)=O)CC2)n1. The highest BCUT2D eigenvalue weighted by molar-refractivity contribution is 9.10. The van der Waals surface area contributed by atoms with Crippen LogP contribution in [0.15, 0.2) is 28.9 Å². The number of aldehydes is 1. The molecule has 1 aliphatic rings. The number of benzene rings is 1. The van der Waals surface area contributed by atoms with Crippen molar-refractivity contribution in [2.75, 3.05) is 30.3 Å². The first kappa shape index (κ1) is 26.5. The fourth-order valence-corrected chi connectivity index (χ4v) is 4.74. The highest BCUT2D eigenvalue weighted by Crippen LogP contribution is 2.29. The summed E-state index contributed by atoms with van der Waals surface area (Å²) in [6, 6.07) is 6.02. The molecule has 4 N–H and O–H groups in total. The number of hydrogen-bond acceptors (Lipinski definition) is 9. The van der Waals surface area contributed by atoms with Crippen molar-refractivity contribution in [3.63, 3.8) is 0 Å². The van der Waals surface area contributed by atoms with E-state index in [0.29, 0.717) is 19.0 Å². The Morgan fingerprint density at radius 2 is 2.06 bits per heavy atom. The van der Waals surface area contributed by atoms with Gasteiger partial charge in [-0.15, -0.1) is 0 Å². The van der Waals surface area contributed by atoms with E-state index in [1.807, 2.05) is 30.0 Å². The van der Waals surface area contributed by atoms with Crippen LogP contribution in [0.2, 0.25) is 0 Å². The molecule has 12 heteroatoms. The van der Waals surface area contributed by atoms with Crippen molar-refractivity contribution >= 4 is 45.6 Å². The van der Waals surface area contributed by atoms with E-state index in [1.165, 1.54) is 6.20 Å². The van der Waals surface area contributed by atoms with Crippen molar-refractivity contribution in [3.8, 4) is 0 Å². The molecule has 0 bridgehead atoms. The van der Waals surface area contributed by atoms with Crippen LogP contribution in [0.4, 0.5) is 17.5 Å². The average Bonchev–Trinajstić information content (AvgIpc) is 2.83. The molecule has 11 nitrogen and oxygen atoms in total. The molecule has 35 heavy (non-hydrogen) atoms. The Balaban J connectivity index is 1.60. The van der Waals surface area contributed by atoms with Gasteiger partial charge in [-0.3, -0.25) is 19.8 Å². The molecule has 1 aliphatic carbocycles. The van der Waals surface area contributed by atoms with Gasteiger partial charge in [-0.2, -0.15) is 4.98 Å². The van der Waals surface area contributed by atoms with Crippen LogP contribution >= 0.6 is 15.9 Å². The molecule has 188 valence electrons. The minimum atomic E-state index is -0.497. The van der Waals surface area contributed by atoms with Gasteiger partial charge in [0, 0.05) is 23.6 Å². The largest absolute Gasteiger partial charge is 0.369 e. The molecule has 1 heterocycles. The summed E-state index contributed by atoms with van der Waals surface area (Å²) in [5, 5.41) is 17.8. The Labute approximate surface area is 212 Å². The maximum absolute atomic E-state index is 11.5. The fourth-order valence-electron chi connectivity index (χ4n) is 4.34. The molecule has 0 spiro atoms. The predicted octanol–water partition coefficient (Wildman–Crippen LogP) is 3.02. The van der Waals surface area contributed by atoms with Gasteiger partial charge in [-0.05, 0) is 55.7 Å². The lowest BCUT2D eigenvalue weighted by atomic mass is 9.85. The van der Waals surface area contributed by atoms with E-state index in [4.69, 9.17) is 5.73 Å². The van der Waals surface area contributed by atoms with Crippen molar-refractivity contribution < 1.29 is 14.5 Å².